The molecule has 0 heterocycles. The number of Topliss-reactive ketones (excluding diaryl/α,β-unsaturated/α-hetero) is 2. The van der Waals surface area contributed by atoms with Crippen molar-refractivity contribution >= 4 is 17.6 Å². The van der Waals surface area contributed by atoms with E-state index in [0.29, 0.717) is 31.5 Å². The molecule has 1 aromatic carbocycles. The van der Waals surface area contributed by atoms with Gasteiger partial charge in [0, 0.05) is 25.9 Å². The highest BCUT2D eigenvalue weighted by molar-refractivity contribution is 6.23. The number of hydrogen-bond acceptors (Lipinski definition) is 4. The zero-order valence-corrected chi connectivity index (χ0v) is 14.9. The summed E-state index contributed by atoms with van der Waals surface area (Å²) >= 11 is 0. The first kappa shape index (κ1) is 19.3. The van der Waals surface area contributed by atoms with Crippen LogP contribution < -0.4 is 0 Å². The van der Waals surface area contributed by atoms with Crippen molar-refractivity contribution in [2.45, 2.75) is 19.8 Å². The van der Waals surface area contributed by atoms with Gasteiger partial charge in [-0.3, -0.25) is 9.59 Å². The van der Waals surface area contributed by atoms with Crippen molar-refractivity contribution in [2.24, 2.45) is 0 Å². The SMILES string of the molecule is Cc1ccc(C=C(C(=O)CCN(C)C)C(=O)CCN(C)C)cc1. The monoisotopic (exact) mass is 316 g/mol. The maximum Gasteiger partial charge on any atom is 0.167 e. The molecule has 0 saturated heterocycles. The topological polar surface area (TPSA) is 40.6 Å². The highest BCUT2D eigenvalue weighted by atomic mass is 16.1. The van der Waals surface area contributed by atoms with Crippen LogP contribution in [0.25, 0.3) is 6.08 Å². The Balaban J connectivity index is 2.97. The average molecular weight is 316 g/mol. The number of allylic oxidation sites excluding steroid dienone is 1. The van der Waals surface area contributed by atoms with Crippen LogP contribution in [0.3, 0.4) is 0 Å². The van der Waals surface area contributed by atoms with E-state index in [1.807, 2.05) is 69.2 Å². The summed E-state index contributed by atoms with van der Waals surface area (Å²) in [5.74, 6) is -0.161. The van der Waals surface area contributed by atoms with Crippen LogP contribution in [0.4, 0.5) is 0 Å². The van der Waals surface area contributed by atoms with E-state index in [1.54, 1.807) is 6.08 Å². The molecule has 0 aliphatic heterocycles. The second-order valence-corrected chi connectivity index (χ2v) is 6.42. The van der Waals surface area contributed by atoms with Crippen LogP contribution in [0.5, 0.6) is 0 Å². The number of hydrogen-bond donors (Lipinski definition) is 0. The third kappa shape index (κ3) is 7.35. The van der Waals surface area contributed by atoms with Gasteiger partial charge in [-0.05, 0) is 46.8 Å². The number of nitrogens with zero attached hydrogens (tertiary/aromatic N) is 2. The van der Waals surface area contributed by atoms with Crippen molar-refractivity contribution in [2.75, 3.05) is 41.3 Å². The molecule has 4 heteroatoms. The summed E-state index contributed by atoms with van der Waals surface area (Å²) in [4.78, 5) is 28.9. The first-order chi connectivity index (χ1) is 10.8. The number of carbonyl (C=O) groups is 2. The highest BCUT2D eigenvalue weighted by Crippen LogP contribution is 2.13. The Morgan fingerprint density at radius 3 is 1.70 bits per heavy atom. The summed E-state index contributed by atoms with van der Waals surface area (Å²) in [5, 5.41) is 0. The van der Waals surface area contributed by atoms with Crippen molar-refractivity contribution < 1.29 is 9.59 Å². The average Bonchev–Trinajstić information content (AvgIpc) is 2.49. The number of benzene rings is 1. The van der Waals surface area contributed by atoms with Gasteiger partial charge < -0.3 is 9.80 Å². The third-order valence-electron chi connectivity index (χ3n) is 3.56. The van der Waals surface area contributed by atoms with E-state index in [4.69, 9.17) is 0 Å². The van der Waals surface area contributed by atoms with Crippen molar-refractivity contribution in [1.82, 2.24) is 9.80 Å². The molecule has 1 aromatic rings. The quantitative estimate of drug-likeness (QED) is 0.398. The molecule has 0 fully saturated rings. The van der Waals surface area contributed by atoms with Gasteiger partial charge in [-0.15, -0.1) is 0 Å². The molecule has 1 rings (SSSR count). The predicted molar refractivity (Wildman–Crippen MR) is 95.5 cm³/mol. The number of carbonyl (C=O) groups excluding carboxylic acids is 2. The van der Waals surface area contributed by atoms with E-state index in [9.17, 15) is 9.59 Å². The van der Waals surface area contributed by atoms with Crippen LogP contribution in [0.2, 0.25) is 0 Å². The van der Waals surface area contributed by atoms with Gasteiger partial charge in [0.25, 0.3) is 0 Å². The van der Waals surface area contributed by atoms with Crippen LogP contribution in [0.1, 0.15) is 24.0 Å². The Kier molecular flexibility index (Phi) is 7.86. The smallest absolute Gasteiger partial charge is 0.167 e. The first-order valence-electron chi connectivity index (χ1n) is 7.94. The standard InChI is InChI=1S/C19H28N2O2/c1-15-6-8-16(9-7-15)14-17(18(22)10-12-20(2)3)19(23)11-13-21(4)5/h6-9,14H,10-13H2,1-5H3. The molecule has 0 saturated carbocycles. The molecule has 0 N–H and O–H groups in total. The fourth-order valence-electron chi connectivity index (χ4n) is 2.07. The third-order valence-corrected chi connectivity index (χ3v) is 3.56. The lowest BCUT2D eigenvalue weighted by Gasteiger charge is -2.12. The van der Waals surface area contributed by atoms with Crippen LogP contribution in [-0.4, -0.2) is 62.6 Å². The van der Waals surface area contributed by atoms with E-state index >= 15 is 0 Å². The van der Waals surface area contributed by atoms with Gasteiger partial charge in [0.1, 0.15) is 0 Å². The summed E-state index contributed by atoms with van der Waals surface area (Å²) in [6.07, 6.45) is 2.45. The first-order valence-corrected chi connectivity index (χ1v) is 7.94. The summed E-state index contributed by atoms with van der Waals surface area (Å²) in [7, 11) is 7.68. The van der Waals surface area contributed by atoms with Crippen LogP contribution in [0, 0.1) is 6.92 Å². The fourth-order valence-corrected chi connectivity index (χ4v) is 2.07. The Labute approximate surface area is 139 Å². The maximum absolute atomic E-state index is 12.5. The molecule has 0 atom stereocenters. The Bertz CT molecular complexity index is 531. The normalized spacial score (nSPS) is 10.9. The minimum Gasteiger partial charge on any atom is -0.309 e. The van der Waals surface area contributed by atoms with Gasteiger partial charge in [-0.1, -0.05) is 29.8 Å². The van der Waals surface area contributed by atoms with Gasteiger partial charge in [0.2, 0.25) is 0 Å². The van der Waals surface area contributed by atoms with Gasteiger partial charge in [-0.25, -0.2) is 0 Å². The molecule has 0 aliphatic rings. The van der Waals surface area contributed by atoms with Crippen molar-refractivity contribution in [3.63, 3.8) is 0 Å². The van der Waals surface area contributed by atoms with Gasteiger partial charge in [0.15, 0.2) is 11.6 Å². The molecule has 0 spiro atoms. The van der Waals surface area contributed by atoms with Crippen molar-refractivity contribution in [3.8, 4) is 0 Å². The van der Waals surface area contributed by atoms with Crippen molar-refractivity contribution in [3.05, 3.63) is 41.0 Å². The van der Waals surface area contributed by atoms with Crippen molar-refractivity contribution in [1.29, 1.82) is 0 Å². The number of rotatable bonds is 9. The molecule has 0 radical (unpaired) electrons. The van der Waals surface area contributed by atoms with E-state index in [2.05, 4.69) is 0 Å². The molecular weight excluding hydrogens is 288 g/mol. The Hall–Kier alpha value is -1.78. The van der Waals surface area contributed by atoms with E-state index < -0.39 is 0 Å². The van der Waals surface area contributed by atoms with Gasteiger partial charge in [-0.2, -0.15) is 0 Å². The fraction of sp³-hybridized carbons (Fsp3) is 0.474. The summed E-state index contributed by atoms with van der Waals surface area (Å²) < 4.78 is 0. The molecular formula is C19H28N2O2. The lowest BCUT2D eigenvalue weighted by Crippen LogP contribution is -2.23. The van der Waals surface area contributed by atoms with E-state index in [1.165, 1.54) is 0 Å². The second-order valence-electron chi connectivity index (χ2n) is 6.42. The Morgan fingerprint density at radius 1 is 0.870 bits per heavy atom. The molecule has 23 heavy (non-hydrogen) atoms. The summed E-state index contributed by atoms with van der Waals surface area (Å²) in [5.41, 5.74) is 2.36. The highest BCUT2D eigenvalue weighted by Gasteiger charge is 2.18. The summed E-state index contributed by atoms with van der Waals surface area (Å²) in [6, 6.07) is 7.84. The Morgan fingerprint density at radius 2 is 1.30 bits per heavy atom. The number of aryl methyl sites for hydroxylation is 1. The zero-order chi connectivity index (χ0) is 17.4. The molecule has 0 aliphatic carbocycles. The van der Waals surface area contributed by atoms with Gasteiger partial charge >= 0.3 is 0 Å². The van der Waals surface area contributed by atoms with Gasteiger partial charge in [0.05, 0.1) is 5.57 Å². The minimum absolute atomic E-state index is 0.0805. The molecule has 0 unspecified atom stereocenters. The minimum atomic E-state index is -0.0805. The molecule has 0 aromatic heterocycles. The predicted octanol–water partition coefficient (Wildman–Crippen LogP) is 2.42. The molecule has 0 bridgehead atoms. The molecule has 0 amide bonds. The van der Waals surface area contributed by atoms with E-state index in [0.717, 1.165) is 11.1 Å². The maximum atomic E-state index is 12.5. The largest absolute Gasteiger partial charge is 0.309 e. The molecule has 126 valence electrons. The van der Waals surface area contributed by atoms with Crippen LogP contribution >= 0.6 is 0 Å². The van der Waals surface area contributed by atoms with Crippen LogP contribution in [0.15, 0.2) is 29.8 Å². The number of ketones is 2. The lowest BCUT2D eigenvalue weighted by atomic mass is 9.98. The second kappa shape index (κ2) is 9.38. The zero-order valence-electron chi connectivity index (χ0n) is 14.9. The summed E-state index contributed by atoms with van der Waals surface area (Å²) in [6.45, 7) is 3.30. The van der Waals surface area contributed by atoms with Crippen LogP contribution in [-0.2, 0) is 9.59 Å². The lowest BCUT2D eigenvalue weighted by molar-refractivity contribution is -0.121. The molecule has 4 nitrogen and oxygen atoms in total. The van der Waals surface area contributed by atoms with E-state index in [-0.39, 0.29) is 11.6 Å².